The van der Waals surface area contributed by atoms with Crippen LogP contribution in [-0.2, 0) is 19.6 Å². The average Bonchev–Trinajstić information content (AvgIpc) is 2.76. The molecule has 1 fully saturated rings. The summed E-state index contributed by atoms with van der Waals surface area (Å²) in [5, 5.41) is 0. The Hall–Kier alpha value is -1.99. The Kier molecular flexibility index (Phi) is 4.01. The third kappa shape index (κ3) is 2.78. The van der Waals surface area contributed by atoms with E-state index in [0.29, 0.717) is 0 Å². The lowest BCUT2D eigenvalue weighted by Crippen LogP contribution is -2.29. The van der Waals surface area contributed by atoms with Gasteiger partial charge in [-0.25, -0.2) is 13.1 Å². The van der Waals surface area contributed by atoms with Gasteiger partial charge >= 0.3 is 0 Å². The Morgan fingerprint density at radius 3 is 2.50 bits per heavy atom. The van der Waals surface area contributed by atoms with Crippen molar-refractivity contribution < 1.29 is 18.0 Å². The highest BCUT2D eigenvalue weighted by Crippen LogP contribution is 2.24. The van der Waals surface area contributed by atoms with Gasteiger partial charge < -0.3 is 0 Å². The van der Waals surface area contributed by atoms with Crippen LogP contribution >= 0.6 is 0 Å². The summed E-state index contributed by atoms with van der Waals surface area (Å²) in [6, 6.07) is 5.75. The highest BCUT2D eigenvalue weighted by Gasteiger charge is 2.30. The molecule has 0 unspecified atom stereocenters. The predicted molar refractivity (Wildman–Crippen MR) is 73.6 cm³/mol. The van der Waals surface area contributed by atoms with Crippen LogP contribution in [0.25, 0.3) is 0 Å². The van der Waals surface area contributed by atoms with Crippen LogP contribution in [0.3, 0.4) is 0 Å². The molecule has 1 aromatic rings. The molecule has 0 bridgehead atoms. The fraction of sp³-hybridized carbons (Fsp3) is 0.231. The van der Waals surface area contributed by atoms with E-state index >= 15 is 0 Å². The first-order valence-electron chi connectivity index (χ1n) is 6.02. The van der Waals surface area contributed by atoms with Gasteiger partial charge in [-0.05, 0) is 18.2 Å². The van der Waals surface area contributed by atoms with Crippen molar-refractivity contribution in [2.45, 2.75) is 17.7 Å². The fourth-order valence-electron chi connectivity index (χ4n) is 1.91. The minimum absolute atomic E-state index is 0.00403. The van der Waals surface area contributed by atoms with Gasteiger partial charge in [-0.15, -0.1) is 6.58 Å². The van der Waals surface area contributed by atoms with Gasteiger partial charge in [0.15, 0.2) is 0 Å². The highest BCUT2D eigenvalue weighted by molar-refractivity contribution is 7.89. The largest absolute Gasteiger partial charge is 0.274 e. The second-order valence-electron chi connectivity index (χ2n) is 4.26. The maximum absolute atomic E-state index is 12.0. The maximum Gasteiger partial charge on any atom is 0.240 e. The zero-order chi connectivity index (χ0) is 14.8. The fourth-order valence-corrected chi connectivity index (χ4v) is 2.94. The van der Waals surface area contributed by atoms with Gasteiger partial charge in [-0.3, -0.25) is 14.5 Å². The number of nitrogens with zero attached hydrogens (tertiary/aromatic N) is 1. The molecule has 1 aliphatic heterocycles. The van der Waals surface area contributed by atoms with E-state index in [0.717, 1.165) is 4.90 Å². The second kappa shape index (κ2) is 5.56. The molecule has 6 nitrogen and oxygen atoms in total. The molecular formula is C13H14N2O4S. The summed E-state index contributed by atoms with van der Waals surface area (Å²) in [5.74, 6) is -0.632. The summed E-state index contributed by atoms with van der Waals surface area (Å²) < 4.78 is 26.3. The molecule has 106 valence electrons. The molecule has 2 amide bonds. The third-order valence-electron chi connectivity index (χ3n) is 2.86. The molecule has 1 aliphatic rings. The van der Waals surface area contributed by atoms with Crippen molar-refractivity contribution in [1.29, 1.82) is 0 Å². The molecule has 1 N–H and O–H groups in total. The molecule has 0 aliphatic carbocycles. The van der Waals surface area contributed by atoms with Gasteiger partial charge in [0.05, 0.1) is 10.6 Å². The lowest BCUT2D eigenvalue weighted by Gasteiger charge is -2.15. The van der Waals surface area contributed by atoms with Crippen LogP contribution < -0.4 is 9.62 Å². The van der Waals surface area contributed by atoms with Gasteiger partial charge in [-0.1, -0.05) is 12.1 Å². The van der Waals surface area contributed by atoms with Crippen molar-refractivity contribution in [3.8, 4) is 0 Å². The molecule has 1 saturated heterocycles. The Labute approximate surface area is 117 Å². The van der Waals surface area contributed by atoms with Crippen molar-refractivity contribution in [1.82, 2.24) is 4.72 Å². The summed E-state index contributed by atoms with van der Waals surface area (Å²) in [7, 11) is -3.68. The summed E-state index contributed by atoms with van der Waals surface area (Å²) in [4.78, 5) is 24.3. The van der Waals surface area contributed by atoms with Crippen LogP contribution in [0, 0.1) is 0 Å². The number of nitrogens with one attached hydrogen (secondary N) is 1. The molecule has 0 radical (unpaired) electrons. The quantitative estimate of drug-likeness (QED) is 0.643. The molecule has 7 heteroatoms. The van der Waals surface area contributed by atoms with Crippen molar-refractivity contribution in [2.24, 2.45) is 0 Å². The number of anilines is 1. The van der Waals surface area contributed by atoms with Crippen molar-refractivity contribution in [2.75, 3.05) is 11.4 Å². The molecule has 20 heavy (non-hydrogen) atoms. The van der Waals surface area contributed by atoms with Gasteiger partial charge in [-0.2, -0.15) is 0 Å². The van der Waals surface area contributed by atoms with E-state index in [1.54, 1.807) is 0 Å². The van der Waals surface area contributed by atoms with E-state index in [1.807, 2.05) is 0 Å². The monoisotopic (exact) mass is 294 g/mol. The Balaban J connectivity index is 2.35. The minimum Gasteiger partial charge on any atom is -0.274 e. The number of carbonyl (C=O) groups is 2. The number of rotatable bonds is 5. The zero-order valence-corrected chi connectivity index (χ0v) is 11.5. The standard InChI is InChI=1S/C13H14N2O4S/c1-2-8-14-20(18,19)11-5-3-4-10(9-11)15-12(16)6-7-13(15)17/h2-5,9,14H,1,6-8H2. The molecule has 1 heterocycles. The smallest absolute Gasteiger partial charge is 0.240 e. The lowest BCUT2D eigenvalue weighted by molar-refractivity contribution is -0.121. The number of sulfonamides is 1. The van der Waals surface area contributed by atoms with E-state index in [1.165, 1.54) is 30.3 Å². The lowest BCUT2D eigenvalue weighted by atomic mass is 10.3. The SMILES string of the molecule is C=CCNS(=O)(=O)c1cccc(N2C(=O)CCC2=O)c1. The first-order chi connectivity index (χ1) is 9.45. The second-order valence-corrected chi connectivity index (χ2v) is 6.03. The van der Waals surface area contributed by atoms with Crippen LogP contribution in [0.2, 0.25) is 0 Å². The van der Waals surface area contributed by atoms with Crippen LogP contribution in [0.4, 0.5) is 5.69 Å². The Morgan fingerprint density at radius 1 is 1.25 bits per heavy atom. The van der Waals surface area contributed by atoms with E-state index in [4.69, 9.17) is 0 Å². The van der Waals surface area contributed by atoms with Gasteiger partial charge in [0.2, 0.25) is 21.8 Å². The number of imide groups is 1. The molecule has 0 spiro atoms. The molecule has 0 atom stereocenters. The molecule has 0 aromatic heterocycles. The number of hydrogen-bond donors (Lipinski definition) is 1. The van der Waals surface area contributed by atoms with Crippen LogP contribution in [0.5, 0.6) is 0 Å². The first-order valence-corrected chi connectivity index (χ1v) is 7.50. The molecule has 1 aromatic carbocycles. The van der Waals surface area contributed by atoms with Crippen molar-refractivity contribution >= 4 is 27.5 Å². The summed E-state index contributed by atoms with van der Waals surface area (Å²) in [5.41, 5.74) is 0.277. The minimum atomic E-state index is -3.68. The van der Waals surface area contributed by atoms with E-state index in [9.17, 15) is 18.0 Å². The Morgan fingerprint density at radius 2 is 1.90 bits per heavy atom. The van der Waals surface area contributed by atoms with E-state index in [2.05, 4.69) is 11.3 Å². The summed E-state index contributed by atoms with van der Waals surface area (Å²) in [6.07, 6.45) is 1.74. The van der Waals surface area contributed by atoms with Gasteiger partial charge in [0, 0.05) is 19.4 Å². The van der Waals surface area contributed by atoms with Gasteiger partial charge in [0.25, 0.3) is 0 Å². The normalized spacial score (nSPS) is 15.7. The number of carbonyl (C=O) groups excluding carboxylic acids is 2. The third-order valence-corrected chi connectivity index (χ3v) is 4.28. The molecule has 0 saturated carbocycles. The van der Waals surface area contributed by atoms with Crippen molar-refractivity contribution in [3.05, 3.63) is 36.9 Å². The average molecular weight is 294 g/mol. The predicted octanol–water partition coefficient (Wildman–Crippen LogP) is 0.804. The van der Waals surface area contributed by atoms with Crippen LogP contribution in [0.1, 0.15) is 12.8 Å². The van der Waals surface area contributed by atoms with E-state index in [-0.39, 0.29) is 41.8 Å². The topological polar surface area (TPSA) is 83.6 Å². The van der Waals surface area contributed by atoms with Crippen LogP contribution in [0.15, 0.2) is 41.8 Å². The van der Waals surface area contributed by atoms with Crippen molar-refractivity contribution in [3.63, 3.8) is 0 Å². The number of hydrogen-bond acceptors (Lipinski definition) is 4. The Bertz CT molecular complexity index is 651. The summed E-state index contributed by atoms with van der Waals surface area (Å²) >= 11 is 0. The maximum atomic E-state index is 12.0. The van der Waals surface area contributed by atoms with Crippen LogP contribution in [-0.4, -0.2) is 26.8 Å². The zero-order valence-electron chi connectivity index (χ0n) is 10.7. The number of amides is 2. The molecular weight excluding hydrogens is 280 g/mol. The van der Waals surface area contributed by atoms with E-state index < -0.39 is 10.0 Å². The van der Waals surface area contributed by atoms with Gasteiger partial charge in [0.1, 0.15) is 0 Å². The first kappa shape index (κ1) is 14.4. The number of benzene rings is 1. The highest BCUT2D eigenvalue weighted by atomic mass is 32.2. The summed E-state index contributed by atoms with van der Waals surface area (Å²) in [6.45, 7) is 3.54. The molecule has 2 rings (SSSR count).